The van der Waals surface area contributed by atoms with Gasteiger partial charge in [-0.25, -0.2) is 4.98 Å². The zero-order valence-corrected chi connectivity index (χ0v) is 10.6. The first-order valence-electron chi connectivity index (χ1n) is 5.87. The third-order valence-electron chi connectivity index (χ3n) is 2.41. The predicted molar refractivity (Wildman–Crippen MR) is 66.4 cm³/mol. The van der Waals surface area contributed by atoms with Crippen LogP contribution in [0.4, 0.5) is 0 Å². The molecule has 0 aliphatic rings. The predicted octanol–water partition coefficient (Wildman–Crippen LogP) is 2.91. The molecule has 2 unspecified atom stereocenters. The fourth-order valence-corrected chi connectivity index (χ4v) is 1.65. The van der Waals surface area contributed by atoms with Gasteiger partial charge in [-0.15, -0.1) is 0 Å². The molecule has 3 heteroatoms. The highest BCUT2D eigenvalue weighted by molar-refractivity contribution is 5.20. The molecular formula is C13H22N2O. The molecule has 16 heavy (non-hydrogen) atoms. The minimum absolute atomic E-state index is 0.0228. The highest BCUT2D eigenvalue weighted by atomic mass is 16.5. The molecular weight excluding hydrogens is 200 g/mol. The van der Waals surface area contributed by atoms with Crippen molar-refractivity contribution in [3.63, 3.8) is 0 Å². The van der Waals surface area contributed by atoms with Crippen molar-refractivity contribution in [1.29, 1.82) is 0 Å². The summed E-state index contributed by atoms with van der Waals surface area (Å²) >= 11 is 0. The van der Waals surface area contributed by atoms with Crippen molar-refractivity contribution >= 4 is 0 Å². The summed E-state index contributed by atoms with van der Waals surface area (Å²) in [5.41, 5.74) is 6.78. The lowest BCUT2D eigenvalue weighted by Gasteiger charge is -2.16. The fraction of sp³-hybridized carbons (Fsp3) is 0.615. The number of pyridine rings is 1. The van der Waals surface area contributed by atoms with E-state index in [0.717, 1.165) is 12.0 Å². The van der Waals surface area contributed by atoms with Crippen molar-refractivity contribution < 1.29 is 4.74 Å². The van der Waals surface area contributed by atoms with Crippen LogP contribution in [-0.4, -0.2) is 11.1 Å². The average Bonchev–Trinajstić information content (AvgIpc) is 2.16. The van der Waals surface area contributed by atoms with Crippen LogP contribution in [0.1, 0.15) is 45.7 Å². The zero-order chi connectivity index (χ0) is 12.1. The van der Waals surface area contributed by atoms with E-state index >= 15 is 0 Å². The third-order valence-corrected chi connectivity index (χ3v) is 2.41. The Hall–Kier alpha value is -1.09. The Labute approximate surface area is 98.0 Å². The maximum absolute atomic E-state index is 5.75. The largest absolute Gasteiger partial charge is 0.475 e. The summed E-state index contributed by atoms with van der Waals surface area (Å²) in [6.45, 7) is 8.39. The molecule has 0 aliphatic carbocycles. The van der Waals surface area contributed by atoms with Gasteiger partial charge in [0.2, 0.25) is 5.88 Å². The van der Waals surface area contributed by atoms with Gasteiger partial charge < -0.3 is 10.5 Å². The quantitative estimate of drug-likeness (QED) is 0.833. The molecule has 90 valence electrons. The number of hydrogen-bond acceptors (Lipinski definition) is 3. The molecule has 0 fully saturated rings. The van der Waals surface area contributed by atoms with Crippen molar-refractivity contribution in [2.24, 2.45) is 11.7 Å². The van der Waals surface area contributed by atoms with E-state index in [2.05, 4.69) is 25.8 Å². The molecule has 3 nitrogen and oxygen atoms in total. The molecule has 1 rings (SSSR count). The Morgan fingerprint density at radius 2 is 1.94 bits per heavy atom. The molecule has 2 N–H and O–H groups in total. The molecule has 0 saturated carbocycles. The smallest absolute Gasteiger partial charge is 0.213 e. The lowest BCUT2D eigenvalue weighted by atomic mass is 10.1. The number of nitrogens with zero attached hydrogens (tertiary/aromatic N) is 1. The molecule has 0 aliphatic heterocycles. The first-order valence-corrected chi connectivity index (χ1v) is 5.87. The summed E-state index contributed by atoms with van der Waals surface area (Å²) in [6, 6.07) is 3.87. The van der Waals surface area contributed by atoms with Gasteiger partial charge >= 0.3 is 0 Å². The van der Waals surface area contributed by atoms with E-state index in [1.807, 2.05) is 19.1 Å². The van der Waals surface area contributed by atoms with Crippen molar-refractivity contribution in [2.75, 3.05) is 0 Å². The van der Waals surface area contributed by atoms with Crippen molar-refractivity contribution in [2.45, 2.75) is 46.3 Å². The highest BCUT2D eigenvalue weighted by Crippen LogP contribution is 2.15. The summed E-state index contributed by atoms with van der Waals surface area (Å²) in [7, 11) is 0. The molecule has 0 aromatic carbocycles. The van der Waals surface area contributed by atoms with Gasteiger partial charge in [-0.05, 0) is 31.7 Å². The normalized spacial score (nSPS) is 14.9. The van der Waals surface area contributed by atoms with Crippen LogP contribution in [0, 0.1) is 5.92 Å². The lowest BCUT2D eigenvalue weighted by Crippen LogP contribution is -2.15. The van der Waals surface area contributed by atoms with Crippen molar-refractivity contribution in [3.05, 3.63) is 23.9 Å². The topological polar surface area (TPSA) is 48.1 Å². The van der Waals surface area contributed by atoms with Crippen LogP contribution in [0.15, 0.2) is 18.3 Å². The van der Waals surface area contributed by atoms with Gasteiger partial charge in [-0.2, -0.15) is 0 Å². The number of rotatable bonds is 5. The summed E-state index contributed by atoms with van der Waals surface area (Å²) in [5.74, 6) is 1.32. The van der Waals surface area contributed by atoms with E-state index in [4.69, 9.17) is 10.5 Å². The Morgan fingerprint density at radius 1 is 1.25 bits per heavy atom. The van der Waals surface area contributed by atoms with Gasteiger partial charge in [-0.3, -0.25) is 0 Å². The van der Waals surface area contributed by atoms with Gasteiger partial charge in [0, 0.05) is 18.3 Å². The van der Waals surface area contributed by atoms with E-state index in [0.29, 0.717) is 11.8 Å². The second-order valence-electron chi connectivity index (χ2n) is 4.78. The van der Waals surface area contributed by atoms with E-state index in [9.17, 15) is 0 Å². The summed E-state index contributed by atoms with van der Waals surface area (Å²) < 4.78 is 5.71. The molecule has 0 radical (unpaired) electrons. The van der Waals surface area contributed by atoms with E-state index < -0.39 is 0 Å². The van der Waals surface area contributed by atoms with Crippen LogP contribution < -0.4 is 10.5 Å². The van der Waals surface area contributed by atoms with Gasteiger partial charge in [0.15, 0.2) is 0 Å². The van der Waals surface area contributed by atoms with Gasteiger partial charge in [0.25, 0.3) is 0 Å². The SMILES string of the molecule is CC(C)CC(C)Oc1ccc(C(C)N)cn1. The molecule has 0 saturated heterocycles. The monoisotopic (exact) mass is 222 g/mol. The minimum Gasteiger partial charge on any atom is -0.475 e. The van der Waals surface area contributed by atoms with Crippen LogP contribution in [0.5, 0.6) is 5.88 Å². The van der Waals surface area contributed by atoms with E-state index in [-0.39, 0.29) is 12.1 Å². The maximum Gasteiger partial charge on any atom is 0.213 e. The summed E-state index contributed by atoms with van der Waals surface area (Å²) in [5, 5.41) is 0. The van der Waals surface area contributed by atoms with Gasteiger partial charge in [0.1, 0.15) is 0 Å². The van der Waals surface area contributed by atoms with Crippen LogP contribution >= 0.6 is 0 Å². The Morgan fingerprint density at radius 3 is 2.38 bits per heavy atom. The molecule has 2 atom stereocenters. The van der Waals surface area contributed by atoms with Crippen LogP contribution in [0.2, 0.25) is 0 Å². The standard InChI is InChI=1S/C13H22N2O/c1-9(2)7-10(3)16-13-6-5-12(8-15-13)11(4)14/h5-6,8-11H,7,14H2,1-4H3. The minimum atomic E-state index is 0.0228. The number of nitrogens with two attached hydrogens (primary N) is 1. The second-order valence-corrected chi connectivity index (χ2v) is 4.78. The number of ether oxygens (including phenoxy) is 1. The van der Waals surface area contributed by atoms with Crippen molar-refractivity contribution in [3.8, 4) is 5.88 Å². The molecule has 1 aromatic heterocycles. The van der Waals surface area contributed by atoms with E-state index in [1.54, 1.807) is 6.20 Å². The number of hydrogen-bond donors (Lipinski definition) is 1. The first kappa shape index (κ1) is 13.0. The molecule has 0 bridgehead atoms. The highest BCUT2D eigenvalue weighted by Gasteiger charge is 2.08. The number of aromatic nitrogens is 1. The van der Waals surface area contributed by atoms with Crippen LogP contribution in [-0.2, 0) is 0 Å². The summed E-state index contributed by atoms with van der Waals surface area (Å²) in [6.07, 6.45) is 3.02. The molecule has 1 aromatic rings. The zero-order valence-electron chi connectivity index (χ0n) is 10.6. The molecule has 0 amide bonds. The first-order chi connectivity index (χ1) is 7.49. The van der Waals surface area contributed by atoms with Crippen LogP contribution in [0.3, 0.4) is 0 Å². The van der Waals surface area contributed by atoms with Gasteiger partial charge in [0.05, 0.1) is 6.10 Å². The molecule has 1 heterocycles. The second kappa shape index (κ2) is 5.85. The summed E-state index contributed by atoms with van der Waals surface area (Å²) in [4.78, 5) is 4.24. The molecule has 0 spiro atoms. The van der Waals surface area contributed by atoms with E-state index in [1.165, 1.54) is 0 Å². The lowest BCUT2D eigenvalue weighted by molar-refractivity contribution is 0.185. The van der Waals surface area contributed by atoms with Gasteiger partial charge in [-0.1, -0.05) is 19.9 Å². The Kier molecular flexibility index (Phi) is 4.74. The Bertz CT molecular complexity index is 306. The van der Waals surface area contributed by atoms with Crippen molar-refractivity contribution in [1.82, 2.24) is 4.98 Å². The van der Waals surface area contributed by atoms with Crippen LogP contribution in [0.25, 0.3) is 0 Å². The average molecular weight is 222 g/mol. The third kappa shape index (κ3) is 4.19. The fourth-order valence-electron chi connectivity index (χ4n) is 1.65. The Balaban J connectivity index is 2.55. The maximum atomic E-state index is 5.75.